The van der Waals surface area contributed by atoms with Crippen molar-refractivity contribution in [2.24, 2.45) is 15.7 Å². The van der Waals surface area contributed by atoms with Crippen LogP contribution in [0.15, 0.2) is 21.5 Å². The Bertz CT molecular complexity index is 338. The van der Waals surface area contributed by atoms with Gasteiger partial charge in [0.1, 0.15) is 0 Å². The van der Waals surface area contributed by atoms with Crippen LogP contribution in [-0.4, -0.2) is 23.3 Å². The first-order valence-electron chi connectivity index (χ1n) is 3.83. The van der Waals surface area contributed by atoms with Gasteiger partial charge in [0.2, 0.25) is 0 Å². The lowest BCUT2D eigenvalue weighted by molar-refractivity contribution is -0.111. The molecule has 0 radical (unpaired) electrons. The number of hydrogen-bond donors (Lipinski definition) is 1. The number of carbonyl (C=O) groups is 1. The van der Waals surface area contributed by atoms with Crippen molar-refractivity contribution in [2.75, 3.05) is 6.54 Å². The van der Waals surface area contributed by atoms with Gasteiger partial charge in [0.15, 0.2) is 11.5 Å². The number of rotatable bonds is 3. The van der Waals surface area contributed by atoms with Gasteiger partial charge in [-0.3, -0.25) is 9.79 Å². The lowest BCUT2D eigenvalue weighted by Gasteiger charge is -1.99. The van der Waals surface area contributed by atoms with Crippen molar-refractivity contribution < 1.29 is 9.18 Å². The van der Waals surface area contributed by atoms with E-state index in [4.69, 9.17) is 5.73 Å². The van der Waals surface area contributed by atoms with Gasteiger partial charge >= 0.3 is 5.91 Å². The zero-order chi connectivity index (χ0) is 11.1. The molecule has 0 saturated carbocycles. The highest BCUT2D eigenvalue weighted by Crippen LogP contribution is 2.05. The predicted octanol–water partition coefficient (Wildman–Crippen LogP) is 1.24. The largest absolute Gasteiger partial charge is 0.400 e. The van der Waals surface area contributed by atoms with E-state index in [1.54, 1.807) is 6.92 Å². The van der Waals surface area contributed by atoms with Crippen LogP contribution < -0.4 is 5.73 Å². The molecule has 4 nitrogen and oxygen atoms in total. The van der Waals surface area contributed by atoms with Crippen LogP contribution in [0.3, 0.4) is 0 Å². The Labute approximate surface area is 86.4 Å². The maximum absolute atomic E-state index is 13.2. The zero-order valence-corrected chi connectivity index (χ0v) is 8.69. The van der Waals surface area contributed by atoms with Crippen molar-refractivity contribution in [3.63, 3.8) is 0 Å². The van der Waals surface area contributed by atoms with Crippen LogP contribution in [0.25, 0.3) is 0 Å². The van der Waals surface area contributed by atoms with Crippen molar-refractivity contribution in [3.8, 4) is 0 Å². The number of hydrogen-bond acceptors (Lipinski definition) is 4. The van der Waals surface area contributed by atoms with Gasteiger partial charge in [0, 0.05) is 12.2 Å². The van der Waals surface area contributed by atoms with E-state index >= 15 is 0 Å². The highest BCUT2D eigenvalue weighted by atomic mass is 32.1. The second kappa shape index (κ2) is 6.12. The molecule has 14 heavy (non-hydrogen) atoms. The highest BCUT2D eigenvalue weighted by Gasteiger charge is 2.16. The van der Waals surface area contributed by atoms with Gasteiger partial charge in [-0.25, -0.2) is 4.39 Å². The summed E-state index contributed by atoms with van der Waals surface area (Å²) in [6.07, 6.45) is 0. The molecule has 0 unspecified atom stereocenters. The molecule has 0 rings (SSSR count). The maximum Gasteiger partial charge on any atom is 0.307 e. The van der Waals surface area contributed by atoms with Crippen LogP contribution in [0.4, 0.5) is 4.39 Å². The molecule has 0 saturated heterocycles. The van der Waals surface area contributed by atoms with E-state index < -0.39 is 17.4 Å². The summed E-state index contributed by atoms with van der Waals surface area (Å²) in [5.41, 5.74) is 4.65. The summed E-state index contributed by atoms with van der Waals surface area (Å²) < 4.78 is 13.2. The Morgan fingerprint density at radius 3 is 2.57 bits per heavy atom. The molecule has 0 aliphatic carbocycles. The summed E-state index contributed by atoms with van der Waals surface area (Å²) in [4.78, 5) is 17.9. The molecule has 76 valence electrons. The monoisotopic (exact) mass is 215 g/mol. The minimum Gasteiger partial charge on any atom is -0.400 e. The van der Waals surface area contributed by atoms with Gasteiger partial charge < -0.3 is 5.73 Å². The lowest BCUT2D eigenvalue weighted by atomic mass is 10.2. The number of nitrogens with two attached hydrogens (primary N) is 1. The average molecular weight is 215 g/mol. The quantitative estimate of drug-likeness (QED) is 0.568. The number of carbonyl (C=O) groups excluding carboxylic acids is 1. The number of allylic oxidation sites excluding steroid dienone is 1. The molecule has 0 bridgehead atoms. The highest BCUT2D eigenvalue weighted by molar-refractivity contribution is 7.78. The molecule has 0 aliphatic heterocycles. The summed E-state index contributed by atoms with van der Waals surface area (Å²) in [6.45, 7) is 3.25. The van der Waals surface area contributed by atoms with Crippen LogP contribution >= 0.6 is 12.2 Å². The number of nitrogens with zero attached hydrogens (tertiary/aromatic N) is 2. The minimum absolute atomic E-state index is 0.120. The molecule has 2 N–H and O–H groups in total. The number of halogens is 1. The van der Waals surface area contributed by atoms with Crippen LogP contribution in [0.5, 0.6) is 0 Å². The van der Waals surface area contributed by atoms with Crippen LogP contribution in [-0.2, 0) is 4.79 Å². The Morgan fingerprint density at radius 1 is 1.64 bits per heavy atom. The Balaban J connectivity index is 5.18. The first-order chi connectivity index (χ1) is 6.54. The number of thiocarbonyl (C=S) groups is 1. The summed E-state index contributed by atoms with van der Waals surface area (Å²) in [7, 11) is 0. The van der Waals surface area contributed by atoms with Crippen molar-refractivity contribution in [1.29, 1.82) is 0 Å². The summed E-state index contributed by atoms with van der Waals surface area (Å²) >= 11 is 4.22. The van der Waals surface area contributed by atoms with Crippen molar-refractivity contribution in [2.45, 2.75) is 13.8 Å². The molecule has 0 fully saturated rings. The summed E-state index contributed by atoms with van der Waals surface area (Å²) in [6, 6.07) is 0. The van der Waals surface area contributed by atoms with Gasteiger partial charge in [-0.1, -0.05) is 0 Å². The second-order valence-electron chi connectivity index (χ2n) is 2.33. The normalized spacial score (nSPS) is 12.9. The average Bonchev–Trinajstić information content (AvgIpc) is 2.13. The first-order valence-corrected chi connectivity index (χ1v) is 4.24. The van der Waals surface area contributed by atoms with Gasteiger partial charge in [-0.15, -0.1) is 0 Å². The third-order valence-electron chi connectivity index (χ3n) is 1.22. The fraction of sp³-hybridized carbons (Fsp3) is 0.375. The van der Waals surface area contributed by atoms with Gasteiger partial charge in [0.25, 0.3) is 0 Å². The van der Waals surface area contributed by atoms with Gasteiger partial charge in [-0.2, -0.15) is 4.99 Å². The summed E-state index contributed by atoms with van der Waals surface area (Å²) in [5.74, 6) is -1.74. The van der Waals surface area contributed by atoms with Crippen molar-refractivity contribution in [1.82, 2.24) is 0 Å². The molecule has 0 aromatic rings. The fourth-order valence-corrected chi connectivity index (χ4v) is 0.753. The molecule has 0 atom stereocenters. The molecule has 0 aromatic heterocycles. The van der Waals surface area contributed by atoms with Crippen LogP contribution in [0.2, 0.25) is 0 Å². The molecule has 0 aliphatic rings. The number of amides is 1. The standard InChI is InChI=1S/C8H10FN3OS/c1-3-11-7(6(9)5(2)10)8(13)12-4-14/h3,10H2,1-2H3. The predicted molar refractivity (Wildman–Crippen MR) is 56.0 cm³/mol. The van der Waals surface area contributed by atoms with Gasteiger partial charge in [0.05, 0.1) is 5.16 Å². The zero-order valence-electron chi connectivity index (χ0n) is 7.87. The van der Waals surface area contributed by atoms with Crippen molar-refractivity contribution >= 4 is 29.0 Å². The topological polar surface area (TPSA) is 67.8 Å². The molecule has 0 aromatic carbocycles. The van der Waals surface area contributed by atoms with E-state index in [1.165, 1.54) is 6.92 Å². The van der Waals surface area contributed by atoms with E-state index in [2.05, 4.69) is 22.2 Å². The third kappa shape index (κ3) is 3.55. The third-order valence-corrected chi connectivity index (χ3v) is 1.31. The first kappa shape index (κ1) is 12.6. The Morgan fingerprint density at radius 2 is 2.21 bits per heavy atom. The van der Waals surface area contributed by atoms with Crippen LogP contribution in [0, 0.1) is 0 Å². The maximum atomic E-state index is 13.2. The molecule has 0 heterocycles. The Kier molecular flexibility index (Phi) is 5.52. The Hall–Kier alpha value is -1.39. The second-order valence-corrected chi connectivity index (χ2v) is 2.51. The molecular formula is C8H10FN3OS. The SMILES string of the molecule is CCN=C(C(=O)N=C=S)C(F)=C(C)N. The molecule has 1 amide bonds. The minimum atomic E-state index is -0.871. The smallest absolute Gasteiger partial charge is 0.307 e. The van der Waals surface area contributed by atoms with E-state index in [1.807, 2.05) is 5.16 Å². The van der Waals surface area contributed by atoms with Crippen LogP contribution in [0.1, 0.15) is 13.8 Å². The van der Waals surface area contributed by atoms with E-state index in [-0.39, 0.29) is 12.2 Å². The number of aliphatic imine (C=N–C) groups is 2. The van der Waals surface area contributed by atoms with E-state index in [9.17, 15) is 9.18 Å². The lowest BCUT2D eigenvalue weighted by Crippen LogP contribution is -2.16. The van der Waals surface area contributed by atoms with E-state index in [0.29, 0.717) is 0 Å². The van der Waals surface area contributed by atoms with E-state index in [0.717, 1.165) is 0 Å². The molecular weight excluding hydrogens is 205 g/mol. The number of isothiocyanates is 1. The molecule has 0 spiro atoms. The van der Waals surface area contributed by atoms with Crippen molar-refractivity contribution in [3.05, 3.63) is 11.5 Å². The molecule has 6 heteroatoms. The summed E-state index contributed by atoms with van der Waals surface area (Å²) in [5, 5.41) is 1.85. The fourth-order valence-electron chi connectivity index (χ4n) is 0.670. The van der Waals surface area contributed by atoms with Gasteiger partial charge in [-0.05, 0) is 26.1 Å².